The Labute approximate surface area is 122 Å². The van der Waals surface area contributed by atoms with Crippen LogP contribution in [-0.4, -0.2) is 12.8 Å². The van der Waals surface area contributed by atoms with Gasteiger partial charge < -0.3 is 5.73 Å². The molecule has 0 fully saturated rings. The van der Waals surface area contributed by atoms with Gasteiger partial charge >= 0.3 is 0 Å². The molecule has 0 aliphatic heterocycles. The molecule has 20 heavy (non-hydrogen) atoms. The first-order chi connectivity index (χ1) is 9.49. The minimum atomic E-state index is -0.328. The maximum absolute atomic E-state index is 13.7. The molecule has 104 valence electrons. The molecule has 0 aliphatic rings. The third kappa shape index (κ3) is 3.08. The van der Waals surface area contributed by atoms with Crippen LogP contribution in [0.4, 0.5) is 15.8 Å². The number of hydrogen-bond acceptors (Lipinski definition) is 3. The van der Waals surface area contributed by atoms with Crippen molar-refractivity contribution < 1.29 is 4.39 Å². The van der Waals surface area contributed by atoms with E-state index in [1.807, 2.05) is 0 Å². The van der Waals surface area contributed by atoms with Crippen LogP contribution in [0, 0.1) is 5.82 Å². The molecule has 3 nitrogen and oxygen atoms in total. The van der Waals surface area contributed by atoms with Crippen LogP contribution < -0.4 is 10.7 Å². The molecule has 0 aliphatic carbocycles. The van der Waals surface area contributed by atoms with Gasteiger partial charge in [0.15, 0.2) is 0 Å². The second kappa shape index (κ2) is 5.92. The lowest BCUT2D eigenvalue weighted by molar-refractivity contribution is 0.624. The zero-order valence-electron chi connectivity index (χ0n) is 11.3. The van der Waals surface area contributed by atoms with Gasteiger partial charge in [-0.15, -0.1) is 0 Å². The van der Waals surface area contributed by atoms with E-state index in [0.717, 1.165) is 5.56 Å². The van der Waals surface area contributed by atoms with Crippen molar-refractivity contribution in [3.63, 3.8) is 0 Å². The van der Waals surface area contributed by atoms with E-state index in [2.05, 4.69) is 5.10 Å². The fraction of sp³-hybridized carbons (Fsp3) is 0.133. The Bertz CT molecular complexity index is 655. The first-order valence-corrected chi connectivity index (χ1v) is 6.45. The van der Waals surface area contributed by atoms with E-state index in [0.29, 0.717) is 22.1 Å². The zero-order chi connectivity index (χ0) is 14.7. The Balaban J connectivity index is 2.35. The van der Waals surface area contributed by atoms with Gasteiger partial charge in [0.25, 0.3) is 0 Å². The molecule has 0 amide bonds. The van der Waals surface area contributed by atoms with Gasteiger partial charge in [-0.05, 0) is 37.3 Å². The summed E-state index contributed by atoms with van der Waals surface area (Å²) in [7, 11) is 1.68. The summed E-state index contributed by atoms with van der Waals surface area (Å²) in [5.74, 6) is -0.328. The number of nitrogens with zero attached hydrogens (tertiary/aromatic N) is 2. The molecule has 0 saturated carbocycles. The first-order valence-electron chi connectivity index (χ1n) is 6.08. The van der Waals surface area contributed by atoms with E-state index in [1.165, 1.54) is 11.1 Å². The predicted molar refractivity (Wildman–Crippen MR) is 82.9 cm³/mol. The van der Waals surface area contributed by atoms with Crippen molar-refractivity contribution in [2.75, 3.05) is 17.8 Å². The highest BCUT2D eigenvalue weighted by molar-refractivity contribution is 6.31. The Morgan fingerprint density at radius 2 is 1.95 bits per heavy atom. The summed E-state index contributed by atoms with van der Waals surface area (Å²) in [4.78, 5) is 0. The Morgan fingerprint density at radius 1 is 1.25 bits per heavy atom. The van der Waals surface area contributed by atoms with Gasteiger partial charge in [0.1, 0.15) is 5.82 Å². The summed E-state index contributed by atoms with van der Waals surface area (Å²) in [5.41, 5.74) is 8.28. The third-order valence-corrected chi connectivity index (χ3v) is 3.14. The van der Waals surface area contributed by atoms with E-state index < -0.39 is 0 Å². The predicted octanol–water partition coefficient (Wildman–Crippen LogP) is 3.92. The molecule has 0 atom stereocenters. The molecular weight excluding hydrogens is 277 g/mol. The van der Waals surface area contributed by atoms with E-state index in [4.69, 9.17) is 17.3 Å². The van der Waals surface area contributed by atoms with Crippen molar-refractivity contribution >= 4 is 28.7 Å². The van der Waals surface area contributed by atoms with Crippen molar-refractivity contribution in [2.24, 2.45) is 5.10 Å². The fourth-order valence-corrected chi connectivity index (χ4v) is 2.06. The molecule has 0 bridgehead atoms. The molecule has 2 rings (SSSR count). The van der Waals surface area contributed by atoms with Crippen molar-refractivity contribution in [1.29, 1.82) is 0 Å². The molecule has 0 aromatic heterocycles. The first kappa shape index (κ1) is 14.3. The molecule has 0 saturated heterocycles. The van der Waals surface area contributed by atoms with Gasteiger partial charge in [-0.2, -0.15) is 5.10 Å². The lowest BCUT2D eigenvalue weighted by atomic mass is 10.1. The number of nitrogens with two attached hydrogens (primary N) is 1. The van der Waals surface area contributed by atoms with Gasteiger partial charge in [0.2, 0.25) is 0 Å². The van der Waals surface area contributed by atoms with Crippen LogP contribution in [0.5, 0.6) is 0 Å². The van der Waals surface area contributed by atoms with E-state index >= 15 is 0 Å². The quantitative estimate of drug-likeness (QED) is 0.529. The zero-order valence-corrected chi connectivity index (χ0v) is 12.0. The molecule has 0 heterocycles. The van der Waals surface area contributed by atoms with Crippen molar-refractivity contribution in [1.82, 2.24) is 0 Å². The van der Waals surface area contributed by atoms with E-state index in [9.17, 15) is 4.39 Å². The molecule has 2 aromatic rings. The summed E-state index contributed by atoms with van der Waals surface area (Å²) in [6.07, 6.45) is 0. The summed E-state index contributed by atoms with van der Waals surface area (Å²) in [6.45, 7) is 1.80. The number of anilines is 2. The van der Waals surface area contributed by atoms with Gasteiger partial charge in [-0.1, -0.05) is 23.7 Å². The van der Waals surface area contributed by atoms with Crippen LogP contribution in [0.3, 0.4) is 0 Å². The number of hydrogen-bond donors (Lipinski definition) is 1. The van der Waals surface area contributed by atoms with Crippen molar-refractivity contribution in [2.45, 2.75) is 6.92 Å². The summed E-state index contributed by atoms with van der Waals surface area (Å²) in [6, 6.07) is 11.6. The fourth-order valence-electron chi connectivity index (χ4n) is 1.89. The number of halogens is 2. The number of benzene rings is 2. The molecule has 0 spiro atoms. The minimum absolute atomic E-state index is 0.328. The second-order valence-corrected chi connectivity index (χ2v) is 4.83. The van der Waals surface area contributed by atoms with Gasteiger partial charge in [0, 0.05) is 23.3 Å². The van der Waals surface area contributed by atoms with Crippen LogP contribution in [-0.2, 0) is 0 Å². The molecule has 2 N–H and O–H groups in total. The maximum atomic E-state index is 13.7. The van der Waals surface area contributed by atoms with Gasteiger partial charge in [-0.25, -0.2) is 4.39 Å². The highest BCUT2D eigenvalue weighted by atomic mass is 35.5. The van der Waals surface area contributed by atoms with Crippen molar-refractivity contribution in [3.8, 4) is 0 Å². The topological polar surface area (TPSA) is 41.6 Å². The smallest absolute Gasteiger partial charge is 0.148 e. The van der Waals surface area contributed by atoms with Gasteiger partial charge in [0.05, 0.1) is 11.4 Å². The normalized spacial score (nSPS) is 11.5. The highest BCUT2D eigenvalue weighted by Crippen LogP contribution is 2.21. The van der Waals surface area contributed by atoms with Crippen LogP contribution in [0.25, 0.3) is 0 Å². The van der Waals surface area contributed by atoms with Crippen LogP contribution in [0.2, 0.25) is 5.02 Å². The number of para-hydroxylation sites is 1. The standard InChI is InChI=1S/C15H15ClFN3/c1-10(12-9-11(16)7-8-14(12)18)19-20(2)15-6-4-3-5-13(15)17/h3-9H,18H2,1-2H3/b19-10+. The average Bonchev–Trinajstić information content (AvgIpc) is 2.41. The summed E-state index contributed by atoms with van der Waals surface area (Å²) >= 11 is 5.96. The minimum Gasteiger partial charge on any atom is -0.398 e. The Kier molecular flexibility index (Phi) is 4.25. The van der Waals surface area contributed by atoms with E-state index in [-0.39, 0.29) is 5.82 Å². The number of rotatable bonds is 3. The summed E-state index contributed by atoms with van der Waals surface area (Å²) in [5, 5.41) is 6.41. The second-order valence-electron chi connectivity index (χ2n) is 4.39. The SMILES string of the molecule is C/C(=N\N(C)c1ccccc1F)c1cc(Cl)ccc1N. The van der Waals surface area contributed by atoms with Gasteiger partial charge in [-0.3, -0.25) is 5.01 Å². The van der Waals surface area contributed by atoms with Crippen LogP contribution in [0.1, 0.15) is 12.5 Å². The van der Waals surface area contributed by atoms with E-state index in [1.54, 1.807) is 50.4 Å². The lowest BCUT2D eigenvalue weighted by Crippen LogP contribution is -2.14. The Morgan fingerprint density at radius 3 is 2.65 bits per heavy atom. The maximum Gasteiger partial charge on any atom is 0.148 e. The highest BCUT2D eigenvalue weighted by Gasteiger charge is 2.08. The molecule has 0 radical (unpaired) electrons. The molecule has 2 aromatic carbocycles. The summed E-state index contributed by atoms with van der Waals surface area (Å²) < 4.78 is 13.7. The average molecular weight is 292 g/mol. The largest absolute Gasteiger partial charge is 0.398 e. The number of hydrazone groups is 1. The monoisotopic (exact) mass is 291 g/mol. The Hall–Kier alpha value is -2.07. The van der Waals surface area contributed by atoms with Crippen LogP contribution >= 0.6 is 11.6 Å². The van der Waals surface area contributed by atoms with Crippen LogP contribution in [0.15, 0.2) is 47.6 Å². The van der Waals surface area contributed by atoms with Crippen molar-refractivity contribution in [3.05, 3.63) is 58.9 Å². The molecular formula is C15H15ClFN3. The lowest BCUT2D eigenvalue weighted by Gasteiger charge is -2.16. The number of nitrogen functional groups attached to an aromatic ring is 1. The third-order valence-electron chi connectivity index (χ3n) is 2.91. The molecule has 5 heteroatoms. The molecule has 0 unspecified atom stereocenters.